The fourth-order valence-electron chi connectivity index (χ4n) is 5.19. The molecule has 0 amide bonds. The van der Waals surface area contributed by atoms with Crippen molar-refractivity contribution in [2.24, 2.45) is 17.8 Å². The average molecular weight is 443 g/mol. The molecule has 4 rings (SSSR count). The Bertz CT molecular complexity index is 872. The summed E-state index contributed by atoms with van der Waals surface area (Å²) in [5.74, 6) is 0.415. The summed E-state index contributed by atoms with van der Waals surface area (Å²) >= 11 is 0. The molecule has 2 fully saturated rings. The molecule has 2 aromatic rings. The normalized spacial score (nSPS) is 26.9. The highest BCUT2D eigenvalue weighted by molar-refractivity contribution is 5.25. The van der Waals surface area contributed by atoms with Gasteiger partial charge in [-0.1, -0.05) is 42.0 Å². The second-order valence-electron chi connectivity index (χ2n) is 9.64. The van der Waals surface area contributed by atoms with Crippen LogP contribution in [-0.2, 0) is 0 Å². The first kappa shape index (κ1) is 22.9. The summed E-state index contributed by atoms with van der Waals surface area (Å²) in [5, 5.41) is 0. The van der Waals surface area contributed by atoms with Crippen molar-refractivity contribution in [2.45, 2.75) is 70.3 Å². The van der Waals surface area contributed by atoms with Gasteiger partial charge >= 0.3 is 6.11 Å². The molecule has 2 saturated carbocycles. The van der Waals surface area contributed by atoms with Crippen LogP contribution in [0.15, 0.2) is 60.7 Å². The standard InChI is InChI=1S/C28H33F3O/c1-20-2-10-23(11-3-20)24-12-6-21(7-13-24)4-5-22-8-14-25(15-9-22)28(30,31)32-27-18-16-26(29)17-19-27/h2-5,10-11,16-19,21-22,24-25H,6-9,12-15H2,1H3/b5-4+. The highest BCUT2D eigenvalue weighted by Gasteiger charge is 2.43. The molecule has 2 aliphatic rings. The van der Waals surface area contributed by atoms with Crippen LogP contribution < -0.4 is 4.74 Å². The predicted molar refractivity (Wildman–Crippen MR) is 122 cm³/mol. The van der Waals surface area contributed by atoms with E-state index in [1.165, 1.54) is 48.9 Å². The molecule has 0 N–H and O–H groups in total. The van der Waals surface area contributed by atoms with Crippen LogP contribution >= 0.6 is 0 Å². The van der Waals surface area contributed by atoms with Crippen LogP contribution in [0.3, 0.4) is 0 Å². The van der Waals surface area contributed by atoms with Crippen LogP contribution in [0.2, 0.25) is 0 Å². The molecule has 1 nitrogen and oxygen atoms in total. The highest BCUT2D eigenvalue weighted by atomic mass is 19.3. The van der Waals surface area contributed by atoms with Crippen molar-refractivity contribution in [2.75, 3.05) is 0 Å². The molecule has 0 bridgehead atoms. The van der Waals surface area contributed by atoms with Crippen LogP contribution in [-0.4, -0.2) is 6.11 Å². The molecule has 172 valence electrons. The van der Waals surface area contributed by atoms with Gasteiger partial charge in [-0.25, -0.2) is 4.39 Å². The molecule has 2 aromatic carbocycles. The van der Waals surface area contributed by atoms with Crippen molar-refractivity contribution in [1.82, 2.24) is 0 Å². The Hall–Kier alpha value is -2.23. The minimum Gasteiger partial charge on any atom is -0.432 e. The van der Waals surface area contributed by atoms with Gasteiger partial charge in [-0.05, 0) is 106 Å². The second-order valence-corrected chi connectivity index (χ2v) is 9.64. The highest BCUT2D eigenvalue weighted by Crippen LogP contribution is 2.41. The Morgan fingerprint density at radius 3 is 1.84 bits per heavy atom. The summed E-state index contributed by atoms with van der Waals surface area (Å²) in [7, 11) is 0. The van der Waals surface area contributed by atoms with Crippen LogP contribution in [0.5, 0.6) is 5.75 Å². The van der Waals surface area contributed by atoms with E-state index in [0.717, 1.165) is 25.0 Å². The van der Waals surface area contributed by atoms with E-state index >= 15 is 0 Å². The van der Waals surface area contributed by atoms with Crippen LogP contribution in [0.4, 0.5) is 13.2 Å². The average Bonchev–Trinajstić information content (AvgIpc) is 2.80. The van der Waals surface area contributed by atoms with Crippen molar-refractivity contribution >= 4 is 0 Å². The van der Waals surface area contributed by atoms with Gasteiger partial charge in [-0.15, -0.1) is 0 Å². The van der Waals surface area contributed by atoms with Gasteiger partial charge in [-0.2, -0.15) is 8.78 Å². The van der Waals surface area contributed by atoms with Crippen LogP contribution in [0.1, 0.15) is 68.4 Å². The third-order valence-corrected chi connectivity index (χ3v) is 7.29. The van der Waals surface area contributed by atoms with E-state index in [1.54, 1.807) is 0 Å². The number of halogens is 3. The lowest BCUT2D eigenvalue weighted by molar-refractivity contribution is -0.223. The SMILES string of the molecule is Cc1ccc(C2CCC(/C=C/C3CCC(C(F)(F)Oc4ccc(F)cc4)CC3)CC2)cc1. The molecule has 2 aliphatic carbocycles. The fraction of sp³-hybridized carbons (Fsp3) is 0.500. The maximum Gasteiger partial charge on any atom is 0.400 e. The molecule has 0 heterocycles. The topological polar surface area (TPSA) is 9.23 Å². The molecule has 0 radical (unpaired) electrons. The van der Waals surface area contributed by atoms with E-state index in [4.69, 9.17) is 4.74 Å². The summed E-state index contributed by atoms with van der Waals surface area (Å²) in [5.41, 5.74) is 2.76. The van der Waals surface area contributed by atoms with E-state index in [-0.39, 0.29) is 5.75 Å². The molecular weight excluding hydrogens is 409 g/mol. The number of benzene rings is 2. The Morgan fingerprint density at radius 2 is 1.28 bits per heavy atom. The van der Waals surface area contributed by atoms with E-state index < -0.39 is 17.8 Å². The number of alkyl halides is 2. The number of allylic oxidation sites excluding steroid dienone is 2. The van der Waals surface area contributed by atoms with Gasteiger partial charge < -0.3 is 4.74 Å². The second kappa shape index (κ2) is 10.1. The smallest absolute Gasteiger partial charge is 0.400 e. The largest absolute Gasteiger partial charge is 0.432 e. The summed E-state index contributed by atoms with van der Waals surface area (Å²) in [4.78, 5) is 0. The number of ether oxygens (including phenoxy) is 1. The molecule has 0 atom stereocenters. The molecule has 0 spiro atoms. The van der Waals surface area contributed by atoms with Gasteiger partial charge in [0.15, 0.2) is 0 Å². The van der Waals surface area contributed by atoms with Gasteiger partial charge in [0.25, 0.3) is 0 Å². The number of rotatable bonds is 6. The maximum absolute atomic E-state index is 14.6. The van der Waals surface area contributed by atoms with E-state index in [9.17, 15) is 13.2 Å². The Balaban J connectivity index is 1.21. The van der Waals surface area contributed by atoms with E-state index in [0.29, 0.717) is 30.6 Å². The predicted octanol–water partition coefficient (Wildman–Crippen LogP) is 8.44. The first-order valence-electron chi connectivity index (χ1n) is 12.0. The zero-order chi connectivity index (χ0) is 22.6. The van der Waals surface area contributed by atoms with Crippen LogP contribution in [0.25, 0.3) is 0 Å². The van der Waals surface area contributed by atoms with Crippen molar-refractivity contribution in [3.8, 4) is 5.75 Å². The monoisotopic (exact) mass is 442 g/mol. The third-order valence-electron chi connectivity index (χ3n) is 7.29. The molecule has 32 heavy (non-hydrogen) atoms. The van der Waals surface area contributed by atoms with E-state index in [2.05, 4.69) is 43.3 Å². The van der Waals surface area contributed by atoms with Gasteiger partial charge in [-0.3, -0.25) is 0 Å². The fourth-order valence-corrected chi connectivity index (χ4v) is 5.19. The lowest BCUT2D eigenvalue weighted by Crippen LogP contribution is -2.37. The van der Waals surface area contributed by atoms with Gasteiger partial charge in [0.1, 0.15) is 11.6 Å². The lowest BCUT2D eigenvalue weighted by Gasteiger charge is -2.32. The van der Waals surface area contributed by atoms with E-state index in [1.807, 2.05) is 0 Å². The zero-order valence-electron chi connectivity index (χ0n) is 18.8. The van der Waals surface area contributed by atoms with Crippen molar-refractivity contribution in [3.05, 3.63) is 77.6 Å². The zero-order valence-corrected chi connectivity index (χ0v) is 18.8. The van der Waals surface area contributed by atoms with Crippen molar-refractivity contribution < 1.29 is 17.9 Å². The van der Waals surface area contributed by atoms with Gasteiger partial charge in [0.05, 0.1) is 5.92 Å². The summed E-state index contributed by atoms with van der Waals surface area (Å²) < 4.78 is 47.0. The quantitative estimate of drug-likeness (QED) is 0.408. The number of hydrogen-bond acceptors (Lipinski definition) is 1. The molecule has 0 unspecified atom stereocenters. The van der Waals surface area contributed by atoms with Gasteiger partial charge in [0.2, 0.25) is 0 Å². The first-order valence-corrected chi connectivity index (χ1v) is 12.0. The van der Waals surface area contributed by atoms with Crippen molar-refractivity contribution in [1.29, 1.82) is 0 Å². The summed E-state index contributed by atoms with van der Waals surface area (Å²) in [6.45, 7) is 2.12. The first-order chi connectivity index (χ1) is 15.4. The molecule has 0 aliphatic heterocycles. The van der Waals surface area contributed by atoms with Crippen LogP contribution in [0, 0.1) is 30.5 Å². The summed E-state index contributed by atoms with van der Waals surface area (Å²) in [6, 6.07) is 13.7. The Labute approximate surface area is 189 Å². The minimum atomic E-state index is -3.22. The Morgan fingerprint density at radius 1 is 0.750 bits per heavy atom. The minimum absolute atomic E-state index is 0.0136. The van der Waals surface area contributed by atoms with Crippen molar-refractivity contribution in [3.63, 3.8) is 0 Å². The van der Waals surface area contributed by atoms with Gasteiger partial charge in [0, 0.05) is 0 Å². The number of hydrogen-bond donors (Lipinski definition) is 0. The Kier molecular flexibility index (Phi) is 7.27. The molecular formula is C28H33F3O. The lowest BCUT2D eigenvalue weighted by atomic mass is 9.77. The molecule has 4 heteroatoms. The molecule has 0 aromatic heterocycles. The summed E-state index contributed by atoms with van der Waals surface area (Å²) in [6.07, 6.45) is 8.69. The number of aryl methyl sites for hydroxylation is 1. The molecule has 0 saturated heterocycles. The maximum atomic E-state index is 14.6. The third kappa shape index (κ3) is 5.96.